The quantitative estimate of drug-likeness (QED) is 0.406. The van der Waals surface area contributed by atoms with E-state index in [1.54, 1.807) is 0 Å². The molecule has 0 saturated heterocycles. The van der Waals surface area contributed by atoms with Crippen molar-refractivity contribution in [3.05, 3.63) is 0 Å². The fraction of sp³-hybridized carbons (Fsp3) is 0. The smallest absolute Gasteiger partial charge is 0 e. The van der Waals surface area contributed by atoms with E-state index in [1.807, 2.05) is 0 Å². The van der Waals surface area contributed by atoms with Crippen LogP contribution in [0, 0.1) is 0 Å². The molecule has 0 spiro atoms. The molecule has 0 aliphatic carbocycles. The normalized spacial score (nSPS) is 0. The van der Waals surface area contributed by atoms with Crippen molar-refractivity contribution in [2.24, 2.45) is 0 Å². The van der Waals surface area contributed by atoms with Crippen molar-refractivity contribution in [2.75, 3.05) is 0 Å². The SMILES string of the molecule is [Fe].[Mg].[Mn].[Na]. The first-order valence-electron chi connectivity index (χ1n) is 0. The van der Waals surface area contributed by atoms with Gasteiger partial charge in [-0.2, -0.15) is 0 Å². The Hall–Kier alpha value is 2.81. The molecule has 0 saturated carbocycles. The third kappa shape index (κ3) is 8.84. The third-order valence-electron chi connectivity index (χ3n) is 0. The van der Waals surface area contributed by atoms with Gasteiger partial charge in [0.05, 0.1) is 0 Å². The molecule has 18 valence electrons. The Balaban J connectivity index is 0. The summed E-state index contributed by atoms with van der Waals surface area (Å²) in [5.41, 5.74) is 0. The van der Waals surface area contributed by atoms with E-state index in [9.17, 15) is 0 Å². The molecular formula is FeMgMnNa. The van der Waals surface area contributed by atoms with Gasteiger partial charge in [-0.15, -0.1) is 0 Å². The van der Waals surface area contributed by atoms with Gasteiger partial charge in [0.15, 0.2) is 0 Å². The van der Waals surface area contributed by atoms with Gasteiger partial charge in [0.25, 0.3) is 0 Å². The zero-order valence-electron chi connectivity index (χ0n) is 2.44. The second-order valence-electron chi connectivity index (χ2n) is 0. The van der Waals surface area contributed by atoms with Gasteiger partial charge in [0.1, 0.15) is 0 Å². The van der Waals surface area contributed by atoms with Crippen molar-refractivity contribution < 1.29 is 34.1 Å². The molecule has 0 atom stereocenters. The molecule has 0 amide bonds. The Morgan fingerprint density at radius 1 is 1.00 bits per heavy atom. The van der Waals surface area contributed by atoms with Crippen LogP contribution in [0.25, 0.3) is 0 Å². The van der Waals surface area contributed by atoms with Gasteiger partial charge in [-0.25, -0.2) is 0 Å². The Morgan fingerprint density at radius 3 is 1.00 bits per heavy atom. The van der Waals surface area contributed by atoms with Gasteiger partial charge < -0.3 is 0 Å². The van der Waals surface area contributed by atoms with Crippen molar-refractivity contribution in [2.45, 2.75) is 0 Å². The van der Waals surface area contributed by atoms with Crippen LogP contribution in [-0.4, -0.2) is 52.6 Å². The van der Waals surface area contributed by atoms with Crippen LogP contribution >= 0.6 is 0 Å². The zero-order valence-corrected chi connectivity index (χ0v) is 8.14. The van der Waals surface area contributed by atoms with Crippen LogP contribution in [0.5, 0.6) is 0 Å². The zero-order chi connectivity index (χ0) is 0. The summed E-state index contributed by atoms with van der Waals surface area (Å²) in [6, 6.07) is 0. The fourth-order valence-electron chi connectivity index (χ4n) is 0. The minimum Gasteiger partial charge on any atom is 0 e. The maximum atomic E-state index is 0. The monoisotopic (exact) mass is 158 g/mol. The number of rotatable bonds is 0. The molecule has 0 fully saturated rings. The van der Waals surface area contributed by atoms with E-state index < -0.39 is 0 Å². The van der Waals surface area contributed by atoms with E-state index in [-0.39, 0.29) is 86.7 Å². The maximum Gasteiger partial charge on any atom is 0 e. The molecule has 0 heterocycles. The Bertz CT molecular complexity index is 8.00. The van der Waals surface area contributed by atoms with Gasteiger partial charge in [-0.05, 0) is 0 Å². The fourth-order valence-corrected chi connectivity index (χ4v) is 0. The summed E-state index contributed by atoms with van der Waals surface area (Å²) in [5.74, 6) is 0. The molecule has 0 aliphatic heterocycles. The molecule has 0 bridgehead atoms. The summed E-state index contributed by atoms with van der Waals surface area (Å²) in [4.78, 5) is 0. The first kappa shape index (κ1) is 29.1. The first-order chi connectivity index (χ1) is 0. The molecule has 0 aromatic carbocycles. The van der Waals surface area contributed by atoms with Crippen LogP contribution in [0.3, 0.4) is 0 Å². The summed E-state index contributed by atoms with van der Waals surface area (Å²) in [5, 5.41) is 0. The van der Waals surface area contributed by atoms with Crippen molar-refractivity contribution in [1.29, 1.82) is 0 Å². The van der Waals surface area contributed by atoms with Crippen molar-refractivity contribution >= 4 is 52.6 Å². The van der Waals surface area contributed by atoms with E-state index in [1.165, 1.54) is 0 Å². The summed E-state index contributed by atoms with van der Waals surface area (Å²) in [7, 11) is 0. The minimum atomic E-state index is 0. The van der Waals surface area contributed by atoms with Crippen LogP contribution in [0.4, 0.5) is 0 Å². The predicted molar refractivity (Wildman–Crippen MR) is 11.5 cm³/mol. The molecule has 4 heteroatoms. The second-order valence-corrected chi connectivity index (χ2v) is 0. The van der Waals surface area contributed by atoms with E-state index in [2.05, 4.69) is 0 Å². The van der Waals surface area contributed by atoms with Crippen LogP contribution in [0.15, 0.2) is 0 Å². The molecule has 4 radical (unpaired) electrons. The number of hydrogen-bond acceptors (Lipinski definition) is 0. The van der Waals surface area contributed by atoms with Crippen LogP contribution < -0.4 is 0 Å². The van der Waals surface area contributed by atoms with Crippen LogP contribution in [0.2, 0.25) is 0 Å². The molecule has 4 heavy (non-hydrogen) atoms. The van der Waals surface area contributed by atoms with Crippen LogP contribution in [0.1, 0.15) is 0 Å². The first-order valence-corrected chi connectivity index (χ1v) is 0. The standard InChI is InChI=1S/Fe.Mg.Mn.Na. The second kappa shape index (κ2) is 17.0. The largest absolute Gasteiger partial charge is 0 e. The molecule has 0 rings (SSSR count). The Labute approximate surface area is 85.2 Å². The van der Waals surface area contributed by atoms with E-state index >= 15 is 0 Å². The van der Waals surface area contributed by atoms with Crippen molar-refractivity contribution in [3.63, 3.8) is 0 Å². The summed E-state index contributed by atoms with van der Waals surface area (Å²) < 4.78 is 0. The molecular weight excluding hydrogens is 158 g/mol. The maximum absolute atomic E-state index is 0. The molecule has 0 N–H and O–H groups in total. The van der Waals surface area contributed by atoms with Gasteiger partial charge in [0, 0.05) is 86.7 Å². The Kier molecular flexibility index (Phi) is 124. The van der Waals surface area contributed by atoms with Crippen LogP contribution in [-0.2, 0) is 34.1 Å². The van der Waals surface area contributed by atoms with Gasteiger partial charge >= 0.3 is 0 Å². The summed E-state index contributed by atoms with van der Waals surface area (Å²) in [6.45, 7) is 0. The topological polar surface area (TPSA) is 0 Å². The average Bonchev–Trinajstić information content (AvgIpc) is 0. The third-order valence-corrected chi connectivity index (χ3v) is 0. The molecule has 0 aromatic rings. The minimum absolute atomic E-state index is 0. The molecule has 0 aliphatic rings. The number of hydrogen-bond donors (Lipinski definition) is 0. The van der Waals surface area contributed by atoms with Crippen molar-refractivity contribution in [3.8, 4) is 0 Å². The van der Waals surface area contributed by atoms with E-state index in [4.69, 9.17) is 0 Å². The van der Waals surface area contributed by atoms with Crippen molar-refractivity contribution in [1.82, 2.24) is 0 Å². The molecule has 0 unspecified atom stereocenters. The van der Waals surface area contributed by atoms with E-state index in [0.29, 0.717) is 0 Å². The molecule has 0 aromatic heterocycles. The predicted octanol–water partition coefficient (Wildman–Crippen LogP) is -0.767. The van der Waals surface area contributed by atoms with Gasteiger partial charge in [0.2, 0.25) is 0 Å². The molecule has 0 nitrogen and oxygen atoms in total. The van der Waals surface area contributed by atoms with E-state index in [0.717, 1.165) is 0 Å². The summed E-state index contributed by atoms with van der Waals surface area (Å²) in [6.07, 6.45) is 0. The van der Waals surface area contributed by atoms with Gasteiger partial charge in [-0.1, -0.05) is 0 Å². The summed E-state index contributed by atoms with van der Waals surface area (Å²) >= 11 is 0. The Morgan fingerprint density at radius 2 is 1.00 bits per heavy atom. The average molecular weight is 158 g/mol. The van der Waals surface area contributed by atoms with Gasteiger partial charge in [-0.3, -0.25) is 0 Å².